The molecule has 0 unspecified atom stereocenters. The van der Waals surface area contributed by atoms with E-state index in [9.17, 15) is 14.9 Å². The van der Waals surface area contributed by atoms with Crippen LogP contribution in [0.1, 0.15) is 44.1 Å². The van der Waals surface area contributed by atoms with Gasteiger partial charge in [-0.25, -0.2) is 0 Å². The number of hydrogen-bond donors (Lipinski definition) is 1. The first-order chi connectivity index (χ1) is 10.1. The third kappa shape index (κ3) is 5.02. The highest BCUT2D eigenvalue weighted by atomic mass is 16.6. The van der Waals surface area contributed by atoms with Crippen LogP contribution in [0.15, 0.2) is 30.3 Å². The molecule has 0 radical (unpaired) electrons. The molecule has 2 rings (SSSR count). The molecule has 1 aromatic carbocycles. The van der Waals surface area contributed by atoms with E-state index in [4.69, 9.17) is 0 Å². The van der Waals surface area contributed by atoms with Gasteiger partial charge < -0.3 is 5.32 Å². The first kappa shape index (κ1) is 15.2. The van der Waals surface area contributed by atoms with Crippen LogP contribution in [0.4, 0.5) is 5.69 Å². The first-order valence-electron chi connectivity index (χ1n) is 7.38. The molecule has 1 amide bonds. The summed E-state index contributed by atoms with van der Waals surface area (Å²) >= 11 is 0. The maximum atomic E-state index is 11.9. The molecule has 21 heavy (non-hydrogen) atoms. The van der Waals surface area contributed by atoms with Crippen molar-refractivity contribution in [3.8, 4) is 0 Å². The summed E-state index contributed by atoms with van der Waals surface area (Å²) in [5, 5.41) is 13.6. The lowest BCUT2D eigenvalue weighted by Crippen LogP contribution is -2.33. The number of hydrogen-bond acceptors (Lipinski definition) is 3. The van der Waals surface area contributed by atoms with Gasteiger partial charge in [0.2, 0.25) is 5.91 Å². The molecule has 0 heterocycles. The monoisotopic (exact) mass is 288 g/mol. The Labute approximate surface area is 124 Å². The molecular formula is C16H20N2O3. The van der Waals surface area contributed by atoms with E-state index in [1.807, 2.05) is 0 Å². The summed E-state index contributed by atoms with van der Waals surface area (Å²) in [6.45, 7) is 0. The van der Waals surface area contributed by atoms with Crippen LogP contribution >= 0.6 is 0 Å². The van der Waals surface area contributed by atoms with Crippen molar-refractivity contribution in [2.45, 2.75) is 44.6 Å². The minimum atomic E-state index is -0.438. The van der Waals surface area contributed by atoms with Crippen molar-refractivity contribution in [1.29, 1.82) is 0 Å². The van der Waals surface area contributed by atoms with Crippen LogP contribution < -0.4 is 5.32 Å². The van der Waals surface area contributed by atoms with Crippen molar-refractivity contribution in [2.75, 3.05) is 0 Å². The van der Waals surface area contributed by atoms with Gasteiger partial charge in [0.15, 0.2) is 0 Å². The third-order valence-corrected chi connectivity index (χ3v) is 3.73. The van der Waals surface area contributed by atoms with Crippen molar-refractivity contribution in [3.63, 3.8) is 0 Å². The summed E-state index contributed by atoms with van der Waals surface area (Å²) in [4.78, 5) is 22.0. The van der Waals surface area contributed by atoms with Crippen LogP contribution in [0.25, 0.3) is 6.08 Å². The van der Waals surface area contributed by atoms with Crippen molar-refractivity contribution in [2.24, 2.45) is 0 Å². The molecule has 5 nitrogen and oxygen atoms in total. The fourth-order valence-electron chi connectivity index (χ4n) is 2.55. The van der Waals surface area contributed by atoms with Gasteiger partial charge >= 0.3 is 0 Å². The molecule has 1 aliphatic rings. The minimum absolute atomic E-state index is 0.0510. The molecule has 0 bridgehead atoms. The molecule has 0 aromatic heterocycles. The largest absolute Gasteiger partial charge is 0.350 e. The maximum Gasteiger partial charge on any atom is 0.269 e. The number of non-ortho nitro benzene ring substituents is 1. The highest BCUT2D eigenvalue weighted by Crippen LogP contribution is 2.17. The Morgan fingerprint density at radius 1 is 1.14 bits per heavy atom. The van der Waals surface area contributed by atoms with Crippen molar-refractivity contribution in [1.82, 2.24) is 5.32 Å². The SMILES string of the molecule is O=C(/C=C/c1ccc([N+](=O)[O-])cc1)NC1CCCCCC1. The number of carbonyl (C=O) groups is 1. The Bertz CT molecular complexity index is 515. The second-order valence-electron chi connectivity index (χ2n) is 5.38. The fourth-order valence-corrected chi connectivity index (χ4v) is 2.55. The Kier molecular flexibility index (Phi) is 5.49. The summed E-state index contributed by atoms with van der Waals surface area (Å²) in [6, 6.07) is 6.41. The summed E-state index contributed by atoms with van der Waals surface area (Å²) < 4.78 is 0. The van der Waals surface area contributed by atoms with Crippen LogP contribution in [0.5, 0.6) is 0 Å². The Morgan fingerprint density at radius 2 is 1.76 bits per heavy atom. The zero-order valence-electron chi connectivity index (χ0n) is 12.0. The van der Waals surface area contributed by atoms with E-state index in [0.29, 0.717) is 0 Å². The minimum Gasteiger partial charge on any atom is -0.350 e. The first-order valence-corrected chi connectivity index (χ1v) is 7.38. The number of nitro groups is 1. The molecule has 1 aliphatic carbocycles. The van der Waals surface area contributed by atoms with Gasteiger partial charge in [-0.2, -0.15) is 0 Å². The molecule has 1 saturated carbocycles. The van der Waals surface area contributed by atoms with E-state index in [1.165, 1.54) is 43.9 Å². The standard InChI is InChI=1S/C16H20N2O3/c19-16(17-14-5-3-1-2-4-6-14)12-9-13-7-10-15(11-8-13)18(20)21/h7-12,14H,1-6H2,(H,17,19)/b12-9+. The normalized spacial score (nSPS) is 16.6. The molecule has 0 atom stereocenters. The van der Waals surface area contributed by atoms with E-state index < -0.39 is 4.92 Å². The van der Waals surface area contributed by atoms with Gasteiger partial charge in [-0.3, -0.25) is 14.9 Å². The maximum absolute atomic E-state index is 11.9. The number of benzene rings is 1. The number of nitrogens with zero attached hydrogens (tertiary/aromatic N) is 1. The van der Waals surface area contributed by atoms with Crippen LogP contribution in [0, 0.1) is 10.1 Å². The second kappa shape index (κ2) is 7.57. The number of nitrogens with one attached hydrogen (secondary N) is 1. The average Bonchev–Trinajstić information content (AvgIpc) is 2.74. The third-order valence-electron chi connectivity index (χ3n) is 3.73. The summed E-state index contributed by atoms with van der Waals surface area (Å²) in [5.41, 5.74) is 0.826. The average molecular weight is 288 g/mol. The number of rotatable bonds is 4. The lowest BCUT2D eigenvalue weighted by atomic mass is 10.1. The molecular weight excluding hydrogens is 268 g/mol. The van der Waals surface area contributed by atoms with Gasteiger partial charge in [0, 0.05) is 24.3 Å². The van der Waals surface area contributed by atoms with Crippen LogP contribution in [0.2, 0.25) is 0 Å². The molecule has 0 spiro atoms. The quantitative estimate of drug-likeness (QED) is 0.399. The smallest absolute Gasteiger partial charge is 0.269 e. The summed E-state index contributed by atoms with van der Waals surface area (Å²) in [5.74, 6) is -0.0970. The predicted octanol–water partition coefficient (Wildman–Crippen LogP) is 3.45. The van der Waals surface area contributed by atoms with Gasteiger partial charge in [0.25, 0.3) is 5.69 Å². The van der Waals surface area contributed by atoms with E-state index in [2.05, 4.69) is 5.32 Å². The molecule has 112 valence electrons. The molecule has 5 heteroatoms. The van der Waals surface area contributed by atoms with Crippen molar-refractivity contribution in [3.05, 3.63) is 46.0 Å². The highest BCUT2D eigenvalue weighted by Gasteiger charge is 2.13. The van der Waals surface area contributed by atoms with E-state index in [1.54, 1.807) is 18.2 Å². The number of amides is 1. The van der Waals surface area contributed by atoms with E-state index in [-0.39, 0.29) is 17.6 Å². The van der Waals surface area contributed by atoms with E-state index in [0.717, 1.165) is 18.4 Å². The number of nitro benzene ring substituents is 1. The highest BCUT2D eigenvalue weighted by molar-refractivity contribution is 5.91. The molecule has 0 saturated heterocycles. The van der Waals surface area contributed by atoms with Gasteiger partial charge in [-0.15, -0.1) is 0 Å². The van der Waals surface area contributed by atoms with E-state index >= 15 is 0 Å². The topological polar surface area (TPSA) is 72.2 Å². The van der Waals surface area contributed by atoms with Crippen molar-refractivity contribution < 1.29 is 9.72 Å². The lowest BCUT2D eigenvalue weighted by molar-refractivity contribution is -0.384. The predicted molar refractivity (Wildman–Crippen MR) is 81.8 cm³/mol. The Hall–Kier alpha value is -2.17. The molecule has 0 aliphatic heterocycles. The Morgan fingerprint density at radius 3 is 2.33 bits per heavy atom. The second-order valence-corrected chi connectivity index (χ2v) is 5.38. The van der Waals surface area contributed by atoms with Gasteiger partial charge in [0.05, 0.1) is 4.92 Å². The lowest BCUT2D eigenvalue weighted by Gasteiger charge is -2.14. The zero-order valence-corrected chi connectivity index (χ0v) is 12.0. The number of carbonyl (C=O) groups excluding carboxylic acids is 1. The fraction of sp³-hybridized carbons (Fsp3) is 0.438. The molecule has 1 fully saturated rings. The molecule has 1 aromatic rings. The van der Waals surface area contributed by atoms with Crippen LogP contribution in [0.3, 0.4) is 0 Å². The Balaban J connectivity index is 1.87. The van der Waals surface area contributed by atoms with Crippen molar-refractivity contribution >= 4 is 17.7 Å². The summed E-state index contributed by atoms with van der Waals surface area (Å²) in [7, 11) is 0. The van der Waals surface area contributed by atoms with Gasteiger partial charge in [-0.1, -0.05) is 25.7 Å². The zero-order chi connectivity index (χ0) is 15.1. The summed E-state index contributed by atoms with van der Waals surface area (Å²) in [6.07, 6.45) is 10.1. The molecule has 1 N–H and O–H groups in total. The van der Waals surface area contributed by atoms with Gasteiger partial charge in [-0.05, 0) is 36.6 Å². The van der Waals surface area contributed by atoms with Crippen LogP contribution in [-0.2, 0) is 4.79 Å². The van der Waals surface area contributed by atoms with Crippen LogP contribution in [-0.4, -0.2) is 16.9 Å². The van der Waals surface area contributed by atoms with Gasteiger partial charge in [0.1, 0.15) is 0 Å².